The normalized spacial score (nSPS) is 16.0. The van der Waals surface area contributed by atoms with Crippen molar-refractivity contribution in [2.75, 3.05) is 26.7 Å². The van der Waals surface area contributed by atoms with E-state index in [0.717, 1.165) is 42.5 Å². The third-order valence-electron chi connectivity index (χ3n) is 7.03. The Hall–Kier alpha value is -4.44. The minimum absolute atomic E-state index is 0.0972. The molecular weight excluding hydrogens is 476 g/mol. The number of benzene rings is 2. The second kappa shape index (κ2) is 8.31. The molecule has 2 aromatic carbocycles. The molecule has 0 saturated carbocycles. The summed E-state index contributed by atoms with van der Waals surface area (Å²) in [5, 5.41) is 7.30. The van der Waals surface area contributed by atoms with Crippen LogP contribution in [0.3, 0.4) is 0 Å². The van der Waals surface area contributed by atoms with Gasteiger partial charge in [0.1, 0.15) is 0 Å². The molecule has 3 aliphatic heterocycles. The van der Waals surface area contributed by atoms with Gasteiger partial charge in [0.05, 0.1) is 33.0 Å². The lowest BCUT2D eigenvalue weighted by atomic mass is 9.95. The molecule has 0 saturated heterocycles. The van der Waals surface area contributed by atoms with E-state index in [1.807, 2.05) is 30.5 Å². The van der Waals surface area contributed by atoms with Crippen molar-refractivity contribution in [3.05, 3.63) is 47.8 Å². The Bertz CT molecular complexity index is 1650. The van der Waals surface area contributed by atoms with E-state index in [9.17, 15) is 9.59 Å². The van der Waals surface area contributed by atoms with E-state index in [-0.39, 0.29) is 19.2 Å². The number of aromatic nitrogens is 2. The Morgan fingerprint density at radius 1 is 0.892 bits per heavy atom. The summed E-state index contributed by atoms with van der Waals surface area (Å²) in [5.41, 5.74) is 3.46. The van der Waals surface area contributed by atoms with Gasteiger partial charge < -0.3 is 33.8 Å². The van der Waals surface area contributed by atoms with Crippen LogP contribution in [-0.4, -0.2) is 48.0 Å². The van der Waals surface area contributed by atoms with Crippen LogP contribution in [0.25, 0.3) is 33.0 Å². The van der Waals surface area contributed by atoms with E-state index < -0.39 is 11.8 Å². The van der Waals surface area contributed by atoms with Gasteiger partial charge in [-0.3, -0.25) is 14.9 Å². The molecule has 0 aliphatic carbocycles. The number of aromatic amines is 1. The number of hydrogen-bond donors (Lipinski definition) is 3. The van der Waals surface area contributed by atoms with Crippen LogP contribution in [-0.2, 0) is 16.1 Å². The van der Waals surface area contributed by atoms with E-state index >= 15 is 0 Å². The Morgan fingerprint density at radius 3 is 2.35 bits per heavy atom. The standard InChI is InChI=1S/C27H24N4O6/c1-2-28-8-3-9-31-11-15(21-17(31)5-7-19-25(21)37-13-35-19)23-22(26(32)30-27(23)33)14-10-29-16-4-6-18-24(20(14)16)36-12-34-18/h4-7,10-11,28-29H,2-3,8-9,12-13H2,1H3,(H,30,32,33). The van der Waals surface area contributed by atoms with E-state index in [4.69, 9.17) is 18.9 Å². The number of H-pyrrole nitrogens is 1. The maximum absolute atomic E-state index is 13.4. The van der Waals surface area contributed by atoms with E-state index in [2.05, 4.69) is 27.1 Å². The number of carbonyl (C=O) groups is 2. The number of nitrogens with zero attached hydrogens (tertiary/aromatic N) is 1. The van der Waals surface area contributed by atoms with E-state index in [0.29, 0.717) is 45.1 Å². The number of hydrogen-bond acceptors (Lipinski definition) is 7. The van der Waals surface area contributed by atoms with Gasteiger partial charge in [0.25, 0.3) is 11.8 Å². The molecule has 4 aromatic rings. The van der Waals surface area contributed by atoms with Crippen molar-refractivity contribution in [1.29, 1.82) is 0 Å². The predicted molar refractivity (Wildman–Crippen MR) is 136 cm³/mol. The number of nitrogens with one attached hydrogen (secondary N) is 3. The molecular formula is C27H24N4O6. The summed E-state index contributed by atoms with van der Waals surface area (Å²) in [6.07, 6.45) is 4.57. The van der Waals surface area contributed by atoms with Gasteiger partial charge in [0, 0.05) is 30.1 Å². The maximum Gasteiger partial charge on any atom is 0.259 e. The molecule has 3 aliphatic rings. The lowest BCUT2D eigenvalue weighted by Gasteiger charge is -2.06. The highest BCUT2D eigenvalue weighted by Gasteiger charge is 2.37. The average Bonchev–Trinajstić information content (AvgIpc) is 3.70. The number of ether oxygens (including phenoxy) is 4. The average molecular weight is 501 g/mol. The van der Waals surface area contributed by atoms with Gasteiger partial charge in [-0.05, 0) is 43.8 Å². The van der Waals surface area contributed by atoms with Gasteiger partial charge in [-0.2, -0.15) is 0 Å². The van der Waals surface area contributed by atoms with Crippen LogP contribution >= 0.6 is 0 Å². The van der Waals surface area contributed by atoms with Crippen molar-refractivity contribution in [1.82, 2.24) is 20.2 Å². The highest BCUT2D eigenvalue weighted by Crippen LogP contribution is 2.48. The van der Waals surface area contributed by atoms with Gasteiger partial charge in [-0.1, -0.05) is 6.92 Å². The fraction of sp³-hybridized carbons (Fsp3) is 0.259. The van der Waals surface area contributed by atoms with Gasteiger partial charge in [-0.25, -0.2) is 0 Å². The van der Waals surface area contributed by atoms with E-state index in [1.54, 1.807) is 6.20 Å². The zero-order valence-corrected chi connectivity index (χ0v) is 20.1. The SMILES string of the molecule is CCNCCCn1cc(C2=C(c3c[nH]c4ccc5c(c34)OCO5)C(=O)NC2=O)c2c3c(ccc21)OCO3. The van der Waals surface area contributed by atoms with Crippen LogP contribution in [0.1, 0.15) is 24.5 Å². The molecule has 0 bridgehead atoms. The first-order chi connectivity index (χ1) is 18.2. The molecule has 7 rings (SSSR count). The van der Waals surface area contributed by atoms with Crippen LogP contribution in [0, 0.1) is 0 Å². The van der Waals surface area contributed by atoms with Crippen molar-refractivity contribution >= 4 is 44.8 Å². The summed E-state index contributed by atoms with van der Waals surface area (Å²) in [7, 11) is 0. The third kappa shape index (κ3) is 3.22. The second-order valence-corrected chi connectivity index (χ2v) is 9.09. The van der Waals surface area contributed by atoms with Crippen molar-refractivity contribution < 1.29 is 28.5 Å². The summed E-state index contributed by atoms with van der Waals surface area (Å²) in [6.45, 7) is 4.77. The van der Waals surface area contributed by atoms with Crippen LogP contribution in [0.5, 0.6) is 23.0 Å². The molecule has 10 heteroatoms. The van der Waals surface area contributed by atoms with Crippen molar-refractivity contribution in [2.45, 2.75) is 19.9 Å². The smallest absolute Gasteiger partial charge is 0.259 e. The number of aryl methyl sites for hydroxylation is 1. The van der Waals surface area contributed by atoms with Crippen molar-refractivity contribution in [3.8, 4) is 23.0 Å². The van der Waals surface area contributed by atoms with Gasteiger partial charge in [-0.15, -0.1) is 0 Å². The fourth-order valence-corrected chi connectivity index (χ4v) is 5.43. The fourth-order valence-electron chi connectivity index (χ4n) is 5.43. The summed E-state index contributed by atoms with van der Waals surface area (Å²) in [6, 6.07) is 7.54. The minimum Gasteiger partial charge on any atom is -0.454 e. The van der Waals surface area contributed by atoms with E-state index in [1.165, 1.54) is 0 Å². The first-order valence-electron chi connectivity index (χ1n) is 12.3. The summed E-state index contributed by atoms with van der Waals surface area (Å²) in [5.74, 6) is 1.42. The summed E-state index contributed by atoms with van der Waals surface area (Å²) >= 11 is 0. The zero-order chi connectivity index (χ0) is 25.1. The van der Waals surface area contributed by atoms with Crippen molar-refractivity contribution in [3.63, 3.8) is 0 Å². The molecule has 0 fully saturated rings. The van der Waals surface area contributed by atoms with Crippen LogP contribution < -0.4 is 29.6 Å². The molecule has 0 atom stereocenters. The Morgan fingerprint density at radius 2 is 1.59 bits per heavy atom. The van der Waals surface area contributed by atoms with Gasteiger partial charge in [0.2, 0.25) is 13.6 Å². The predicted octanol–water partition coefficient (Wildman–Crippen LogP) is 3.15. The topological polar surface area (TPSA) is 116 Å². The zero-order valence-electron chi connectivity index (χ0n) is 20.1. The number of amides is 2. The Balaban J connectivity index is 1.47. The first-order valence-corrected chi connectivity index (χ1v) is 12.3. The quantitative estimate of drug-likeness (QED) is 0.264. The maximum atomic E-state index is 13.4. The highest BCUT2D eigenvalue weighted by molar-refractivity contribution is 6.51. The monoisotopic (exact) mass is 500 g/mol. The molecule has 0 spiro atoms. The lowest BCUT2D eigenvalue weighted by Crippen LogP contribution is -2.22. The van der Waals surface area contributed by atoms with Crippen molar-refractivity contribution in [2.24, 2.45) is 0 Å². The lowest BCUT2D eigenvalue weighted by molar-refractivity contribution is -0.122. The molecule has 0 unspecified atom stereocenters. The summed E-state index contributed by atoms with van der Waals surface area (Å²) in [4.78, 5) is 29.9. The first kappa shape index (κ1) is 21.8. The molecule has 37 heavy (non-hydrogen) atoms. The third-order valence-corrected chi connectivity index (χ3v) is 7.03. The Labute approximate surface area is 211 Å². The highest BCUT2D eigenvalue weighted by atomic mass is 16.7. The van der Waals surface area contributed by atoms with Crippen LogP contribution in [0.15, 0.2) is 36.7 Å². The molecule has 2 amide bonds. The molecule has 10 nitrogen and oxygen atoms in total. The molecule has 3 N–H and O–H groups in total. The number of carbonyl (C=O) groups excluding carboxylic acids is 2. The van der Waals surface area contributed by atoms with Gasteiger partial charge in [0.15, 0.2) is 23.0 Å². The molecule has 188 valence electrons. The van der Waals surface area contributed by atoms with Crippen LogP contribution in [0.4, 0.5) is 0 Å². The van der Waals surface area contributed by atoms with Gasteiger partial charge >= 0.3 is 0 Å². The molecule has 2 aromatic heterocycles. The molecule has 5 heterocycles. The number of rotatable bonds is 7. The second-order valence-electron chi connectivity index (χ2n) is 9.09. The Kier molecular flexibility index (Phi) is 4.90. The molecule has 0 radical (unpaired) electrons. The number of fused-ring (bicyclic) bond motifs is 6. The number of imide groups is 1. The van der Waals surface area contributed by atoms with Crippen LogP contribution in [0.2, 0.25) is 0 Å². The largest absolute Gasteiger partial charge is 0.454 e. The summed E-state index contributed by atoms with van der Waals surface area (Å²) < 4.78 is 24.9. The minimum atomic E-state index is -0.463.